The average molecular weight is 294 g/mol. The fourth-order valence-electron chi connectivity index (χ4n) is 1.92. The summed E-state index contributed by atoms with van der Waals surface area (Å²) in [6, 6.07) is 10.9. The lowest BCUT2D eigenvalue weighted by Gasteiger charge is -2.09. The minimum Gasteiger partial charge on any atom is -0.322 e. The average Bonchev–Trinajstić information content (AvgIpc) is 2.31. The van der Waals surface area contributed by atoms with Gasteiger partial charge in [-0.1, -0.05) is 35.3 Å². The number of aryl methyl sites for hydroxylation is 2. The molecule has 2 nitrogen and oxygen atoms in total. The van der Waals surface area contributed by atoms with Crippen LogP contribution in [-0.2, 0) is 0 Å². The molecule has 1 N–H and O–H groups in total. The Balaban J connectivity index is 2.28. The van der Waals surface area contributed by atoms with Gasteiger partial charge >= 0.3 is 0 Å². The van der Waals surface area contributed by atoms with Crippen LogP contribution in [0.2, 0.25) is 10.0 Å². The fourth-order valence-corrected chi connectivity index (χ4v) is 2.31. The number of carbonyl (C=O) groups is 1. The van der Waals surface area contributed by atoms with Gasteiger partial charge in [-0.05, 0) is 49.2 Å². The van der Waals surface area contributed by atoms with Gasteiger partial charge in [0, 0.05) is 5.69 Å². The lowest BCUT2D eigenvalue weighted by atomic mass is 10.1. The predicted molar refractivity (Wildman–Crippen MR) is 80.3 cm³/mol. The normalized spacial score (nSPS) is 10.3. The van der Waals surface area contributed by atoms with Gasteiger partial charge < -0.3 is 5.32 Å². The van der Waals surface area contributed by atoms with Crippen LogP contribution in [-0.4, -0.2) is 5.91 Å². The van der Waals surface area contributed by atoms with E-state index >= 15 is 0 Å². The summed E-state index contributed by atoms with van der Waals surface area (Å²) in [5.74, 6) is -0.266. The van der Waals surface area contributed by atoms with Gasteiger partial charge in [-0.2, -0.15) is 0 Å². The van der Waals surface area contributed by atoms with Crippen LogP contribution in [0, 0.1) is 13.8 Å². The molecule has 1 amide bonds. The highest BCUT2D eigenvalue weighted by atomic mass is 35.5. The Morgan fingerprint density at radius 2 is 1.68 bits per heavy atom. The second-order valence-corrected chi connectivity index (χ2v) is 5.22. The number of rotatable bonds is 2. The highest BCUT2D eigenvalue weighted by Gasteiger charge is 2.12. The smallest absolute Gasteiger partial charge is 0.257 e. The molecule has 0 heterocycles. The van der Waals surface area contributed by atoms with Crippen molar-refractivity contribution in [1.82, 2.24) is 0 Å². The number of halogens is 2. The molecule has 0 aliphatic heterocycles. The van der Waals surface area contributed by atoms with Gasteiger partial charge in [-0.25, -0.2) is 0 Å². The first-order chi connectivity index (χ1) is 8.97. The summed E-state index contributed by atoms with van der Waals surface area (Å²) in [4.78, 5) is 12.2. The molecule has 0 atom stereocenters. The molecule has 0 unspecified atom stereocenters. The monoisotopic (exact) mass is 293 g/mol. The van der Waals surface area contributed by atoms with Gasteiger partial charge in [0.15, 0.2) is 0 Å². The van der Waals surface area contributed by atoms with E-state index in [0.717, 1.165) is 16.8 Å². The lowest BCUT2D eigenvalue weighted by molar-refractivity contribution is 0.102. The molecular formula is C15H13Cl2NO. The molecule has 19 heavy (non-hydrogen) atoms. The molecule has 0 radical (unpaired) electrons. The summed E-state index contributed by atoms with van der Waals surface area (Å²) in [6.07, 6.45) is 0. The maximum atomic E-state index is 12.2. The summed E-state index contributed by atoms with van der Waals surface area (Å²) in [5, 5.41) is 3.47. The van der Waals surface area contributed by atoms with E-state index in [-0.39, 0.29) is 10.9 Å². The van der Waals surface area contributed by atoms with Crippen molar-refractivity contribution in [3.05, 3.63) is 63.1 Å². The van der Waals surface area contributed by atoms with Gasteiger partial charge in [0.05, 0.1) is 15.6 Å². The van der Waals surface area contributed by atoms with Crippen molar-refractivity contribution in [3.63, 3.8) is 0 Å². The molecule has 0 aromatic heterocycles. The second-order valence-electron chi connectivity index (χ2n) is 4.43. The number of carbonyl (C=O) groups excluding carboxylic acids is 1. The Kier molecular flexibility index (Phi) is 4.13. The van der Waals surface area contributed by atoms with Crippen molar-refractivity contribution < 1.29 is 4.79 Å². The summed E-state index contributed by atoms with van der Waals surface area (Å²) >= 11 is 11.9. The zero-order valence-corrected chi connectivity index (χ0v) is 12.1. The van der Waals surface area contributed by atoms with Crippen molar-refractivity contribution in [2.24, 2.45) is 0 Å². The summed E-state index contributed by atoms with van der Waals surface area (Å²) in [7, 11) is 0. The van der Waals surface area contributed by atoms with E-state index in [1.165, 1.54) is 0 Å². The molecule has 0 bridgehead atoms. The zero-order chi connectivity index (χ0) is 14.0. The minimum atomic E-state index is -0.266. The molecule has 0 saturated heterocycles. The van der Waals surface area contributed by atoms with E-state index in [4.69, 9.17) is 23.2 Å². The Labute approximate surface area is 122 Å². The molecule has 98 valence electrons. The molecule has 2 aromatic carbocycles. The molecule has 0 fully saturated rings. The van der Waals surface area contributed by atoms with Gasteiger partial charge in [0.25, 0.3) is 5.91 Å². The third-order valence-corrected chi connectivity index (χ3v) is 3.49. The van der Waals surface area contributed by atoms with Crippen LogP contribution in [0.4, 0.5) is 5.69 Å². The molecule has 0 aliphatic rings. The standard InChI is InChI=1S/C15H13Cl2NO/c1-9-6-10(2)8-11(7-9)18-15(19)12-4-3-5-13(16)14(12)17/h3-8H,1-2H3,(H,18,19). The van der Waals surface area contributed by atoms with Gasteiger partial charge in [-0.3, -0.25) is 4.79 Å². The van der Waals surface area contributed by atoms with E-state index in [9.17, 15) is 4.79 Å². The van der Waals surface area contributed by atoms with Crippen LogP contribution < -0.4 is 5.32 Å². The topological polar surface area (TPSA) is 29.1 Å². The first-order valence-corrected chi connectivity index (χ1v) is 6.56. The summed E-state index contributed by atoms with van der Waals surface area (Å²) in [5.41, 5.74) is 3.30. The summed E-state index contributed by atoms with van der Waals surface area (Å²) < 4.78 is 0. The first-order valence-electron chi connectivity index (χ1n) is 5.81. The van der Waals surface area contributed by atoms with Crippen LogP contribution in [0.3, 0.4) is 0 Å². The van der Waals surface area contributed by atoms with E-state index in [2.05, 4.69) is 5.32 Å². The van der Waals surface area contributed by atoms with E-state index in [1.54, 1.807) is 18.2 Å². The third-order valence-electron chi connectivity index (χ3n) is 2.68. The Morgan fingerprint density at radius 3 is 2.32 bits per heavy atom. The number of benzene rings is 2. The van der Waals surface area contributed by atoms with Gasteiger partial charge in [-0.15, -0.1) is 0 Å². The zero-order valence-electron chi connectivity index (χ0n) is 10.6. The lowest BCUT2D eigenvalue weighted by Crippen LogP contribution is -2.12. The van der Waals surface area contributed by atoms with Crippen LogP contribution in [0.1, 0.15) is 21.5 Å². The third kappa shape index (κ3) is 3.28. The number of hydrogen-bond acceptors (Lipinski definition) is 1. The van der Waals surface area contributed by atoms with Crippen molar-refractivity contribution >= 4 is 34.8 Å². The highest BCUT2D eigenvalue weighted by Crippen LogP contribution is 2.26. The fraction of sp³-hybridized carbons (Fsp3) is 0.133. The summed E-state index contributed by atoms with van der Waals surface area (Å²) in [6.45, 7) is 3.96. The molecule has 0 spiro atoms. The van der Waals surface area contributed by atoms with Crippen LogP contribution >= 0.6 is 23.2 Å². The van der Waals surface area contributed by atoms with Gasteiger partial charge in [0.2, 0.25) is 0 Å². The SMILES string of the molecule is Cc1cc(C)cc(NC(=O)c2cccc(Cl)c2Cl)c1. The quantitative estimate of drug-likeness (QED) is 0.841. The van der Waals surface area contributed by atoms with Crippen molar-refractivity contribution in [2.45, 2.75) is 13.8 Å². The molecule has 4 heteroatoms. The van der Waals surface area contributed by atoms with Crippen LogP contribution in [0.15, 0.2) is 36.4 Å². The van der Waals surface area contributed by atoms with Crippen LogP contribution in [0.25, 0.3) is 0 Å². The number of amides is 1. The highest BCUT2D eigenvalue weighted by molar-refractivity contribution is 6.44. The maximum Gasteiger partial charge on any atom is 0.257 e. The van der Waals surface area contributed by atoms with E-state index in [0.29, 0.717) is 10.6 Å². The number of nitrogens with one attached hydrogen (secondary N) is 1. The van der Waals surface area contributed by atoms with E-state index < -0.39 is 0 Å². The van der Waals surface area contributed by atoms with Crippen molar-refractivity contribution in [1.29, 1.82) is 0 Å². The predicted octanol–water partition coefficient (Wildman–Crippen LogP) is 4.86. The van der Waals surface area contributed by atoms with Crippen LogP contribution in [0.5, 0.6) is 0 Å². The molecule has 2 rings (SSSR count). The van der Waals surface area contributed by atoms with Crippen molar-refractivity contribution in [2.75, 3.05) is 5.32 Å². The molecule has 0 saturated carbocycles. The van der Waals surface area contributed by atoms with E-state index in [1.807, 2.05) is 32.0 Å². The second kappa shape index (κ2) is 5.64. The minimum absolute atomic E-state index is 0.266. The molecular weight excluding hydrogens is 281 g/mol. The van der Waals surface area contributed by atoms with Gasteiger partial charge in [0.1, 0.15) is 0 Å². The largest absolute Gasteiger partial charge is 0.322 e. The molecule has 0 aliphatic carbocycles. The molecule has 2 aromatic rings. The Hall–Kier alpha value is -1.51. The van der Waals surface area contributed by atoms with Crippen molar-refractivity contribution in [3.8, 4) is 0 Å². The number of hydrogen-bond donors (Lipinski definition) is 1. The Bertz CT molecular complexity index is 618. The Morgan fingerprint density at radius 1 is 1.05 bits per heavy atom. The first kappa shape index (κ1) is 13.9. The maximum absolute atomic E-state index is 12.2. The number of anilines is 1.